The lowest BCUT2D eigenvalue weighted by atomic mass is 9.99. The van der Waals surface area contributed by atoms with Crippen molar-refractivity contribution in [2.45, 2.75) is 19.8 Å². The van der Waals surface area contributed by atoms with E-state index in [0.29, 0.717) is 11.4 Å². The smallest absolute Gasteiger partial charge is 0.274 e. The number of hydrogen-bond acceptors (Lipinski definition) is 3. The molecule has 1 aromatic heterocycles. The molecule has 4 nitrogen and oxygen atoms in total. The number of anilines is 2. The second-order valence-electron chi connectivity index (χ2n) is 6.03. The monoisotopic (exact) mass is 313 g/mol. The highest BCUT2D eigenvalue weighted by Crippen LogP contribution is 2.22. The number of nitrogens with one attached hydrogen (secondary N) is 1. The van der Waals surface area contributed by atoms with E-state index >= 15 is 0 Å². The van der Waals surface area contributed by atoms with Crippen molar-refractivity contribution >= 4 is 17.3 Å². The molecule has 120 valence electrons. The molecule has 3 rings (SSSR count). The lowest BCUT2D eigenvalue weighted by Crippen LogP contribution is -2.32. The van der Waals surface area contributed by atoms with Crippen LogP contribution in [0.4, 0.5) is 15.8 Å². The topological polar surface area (TPSA) is 45.2 Å². The second kappa shape index (κ2) is 6.77. The molecule has 1 amide bonds. The first-order valence-electron chi connectivity index (χ1n) is 7.90. The first-order chi connectivity index (χ1) is 11.1. The van der Waals surface area contributed by atoms with Gasteiger partial charge in [-0.2, -0.15) is 0 Å². The van der Waals surface area contributed by atoms with Gasteiger partial charge in [0.1, 0.15) is 11.5 Å². The van der Waals surface area contributed by atoms with Gasteiger partial charge in [0, 0.05) is 18.8 Å². The van der Waals surface area contributed by atoms with E-state index in [1.54, 1.807) is 12.3 Å². The summed E-state index contributed by atoms with van der Waals surface area (Å²) in [5.41, 5.74) is 1.95. The van der Waals surface area contributed by atoms with Gasteiger partial charge >= 0.3 is 0 Å². The minimum atomic E-state index is -0.332. The summed E-state index contributed by atoms with van der Waals surface area (Å²) in [6.07, 6.45) is 4.12. The molecule has 1 saturated heterocycles. The quantitative estimate of drug-likeness (QED) is 0.939. The number of halogens is 1. The number of benzene rings is 1. The molecule has 1 aromatic carbocycles. The molecule has 23 heavy (non-hydrogen) atoms. The zero-order chi connectivity index (χ0) is 16.2. The lowest BCUT2D eigenvalue weighted by Gasteiger charge is -2.31. The van der Waals surface area contributed by atoms with Crippen LogP contribution in [0.1, 0.15) is 30.3 Å². The van der Waals surface area contributed by atoms with Gasteiger partial charge in [-0.15, -0.1) is 0 Å². The third-order valence-electron chi connectivity index (χ3n) is 4.23. The Morgan fingerprint density at radius 1 is 1.17 bits per heavy atom. The first kappa shape index (κ1) is 15.5. The third-order valence-corrected chi connectivity index (χ3v) is 4.23. The number of piperidine rings is 1. The summed E-state index contributed by atoms with van der Waals surface area (Å²) < 4.78 is 12.9. The SMILES string of the molecule is CC1CCN(c2ccc(C(=O)Nc3ccc(F)cc3)nc2)CC1. The normalized spacial score (nSPS) is 15.5. The Balaban J connectivity index is 1.64. The van der Waals surface area contributed by atoms with Crippen molar-refractivity contribution in [1.82, 2.24) is 4.98 Å². The van der Waals surface area contributed by atoms with Gasteiger partial charge in [-0.3, -0.25) is 4.79 Å². The molecule has 0 aliphatic carbocycles. The molecule has 0 atom stereocenters. The van der Waals surface area contributed by atoms with Crippen LogP contribution < -0.4 is 10.2 Å². The molecule has 1 fully saturated rings. The highest BCUT2D eigenvalue weighted by Gasteiger charge is 2.16. The number of nitrogens with zero attached hydrogens (tertiary/aromatic N) is 2. The Hall–Kier alpha value is -2.43. The van der Waals surface area contributed by atoms with Gasteiger partial charge in [-0.1, -0.05) is 6.92 Å². The predicted octanol–water partition coefficient (Wildman–Crippen LogP) is 3.71. The molecule has 5 heteroatoms. The molecule has 2 aromatic rings. The van der Waals surface area contributed by atoms with Crippen molar-refractivity contribution in [2.75, 3.05) is 23.3 Å². The number of aromatic nitrogens is 1. The van der Waals surface area contributed by atoms with Crippen molar-refractivity contribution in [3.8, 4) is 0 Å². The largest absolute Gasteiger partial charge is 0.370 e. The fraction of sp³-hybridized carbons (Fsp3) is 0.333. The van der Waals surface area contributed by atoms with Crippen LogP contribution in [0.15, 0.2) is 42.6 Å². The number of hydrogen-bond donors (Lipinski definition) is 1. The zero-order valence-electron chi connectivity index (χ0n) is 13.1. The summed E-state index contributed by atoms with van der Waals surface area (Å²) in [4.78, 5) is 18.7. The van der Waals surface area contributed by atoms with E-state index in [1.165, 1.54) is 37.1 Å². The highest BCUT2D eigenvalue weighted by molar-refractivity contribution is 6.02. The molecule has 0 radical (unpaired) electrons. The van der Waals surface area contributed by atoms with E-state index in [9.17, 15) is 9.18 Å². The lowest BCUT2D eigenvalue weighted by molar-refractivity contribution is 0.102. The van der Waals surface area contributed by atoms with Gasteiger partial charge in [-0.05, 0) is 55.2 Å². The summed E-state index contributed by atoms with van der Waals surface area (Å²) >= 11 is 0. The molecular weight excluding hydrogens is 293 g/mol. The average molecular weight is 313 g/mol. The van der Waals surface area contributed by atoms with E-state index in [1.807, 2.05) is 6.07 Å². The summed E-state index contributed by atoms with van der Waals surface area (Å²) in [7, 11) is 0. The Bertz CT molecular complexity index is 662. The van der Waals surface area contributed by atoms with E-state index in [-0.39, 0.29) is 11.7 Å². The van der Waals surface area contributed by atoms with Gasteiger partial charge in [0.25, 0.3) is 5.91 Å². The average Bonchev–Trinajstić information content (AvgIpc) is 2.58. The number of amides is 1. The molecule has 1 aliphatic rings. The van der Waals surface area contributed by atoms with Crippen LogP contribution >= 0.6 is 0 Å². The van der Waals surface area contributed by atoms with Gasteiger partial charge in [0.05, 0.1) is 11.9 Å². The van der Waals surface area contributed by atoms with Crippen LogP contribution in [0.5, 0.6) is 0 Å². The van der Waals surface area contributed by atoms with Crippen LogP contribution in [0.25, 0.3) is 0 Å². The van der Waals surface area contributed by atoms with E-state index in [4.69, 9.17) is 0 Å². The molecule has 0 unspecified atom stereocenters. The molecule has 2 heterocycles. The Labute approximate surface area is 135 Å². The standard InChI is InChI=1S/C18H20FN3O/c1-13-8-10-22(11-9-13)16-6-7-17(20-12-16)18(23)21-15-4-2-14(19)3-5-15/h2-7,12-13H,8-11H2,1H3,(H,21,23). The fourth-order valence-electron chi connectivity index (χ4n) is 2.70. The maximum absolute atomic E-state index is 12.9. The van der Waals surface area contributed by atoms with Crippen LogP contribution in [-0.2, 0) is 0 Å². The van der Waals surface area contributed by atoms with Crippen LogP contribution in [-0.4, -0.2) is 24.0 Å². The van der Waals surface area contributed by atoms with E-state index in [2.05, 4.69) is 22.1 Å². The predicted molar refractivity (Wildman–Crippen MR) is 89.2 cm³/mol. The van der Waals surface area contributed by atoms with Gasteiger partial charge < -0.3 is 10.2 Å². The van der Waals surface area contributed by atoms with Gasteiger partial charge in [0.2, 0.25) is 0 Å². The third kappa shape index (κ3) is 3.86. The van der Waals surface area contributed by atoms with Gasteiger partial charge in [0.15, 0.2) is 0 Å². The number of carbonyl (C=O) groups is 1. The van der Waals surface area contributed by atoms with Crippen molar-refractivity contribution in [3.63, 3.8) is 0 Å². The van der Waals surface area contributed by atoms with Crippen LogP contribution in [0.2, 0.25) is 0 Å². The van der Waals surface area contributed by atoms with Gasteiger partial charge in [-0.25, -0.2) is 9.37 Å². The van der Waals surface area contributed by atoms with Crippen molar-refractivity contribution in [3.05, 3.63) is 54.1 Å². The molecule has 0 spiro atoms. The van der Waals surface area contributed by atoms with E-state index < -0.39 is 0 Å². The summed E-state index contributed by atoms with van der Waals surface area (Å²) in [5.74, 6) is 0.150. The Morgan fingerprint density at radius 3 is 2.48 bits per heavy atom. The molecule has 0 bridgehead atoms. The maximum Gasteiger partial charge on any atom is 0.274 e. The molecular formula is C18H20FN3O. The van der Waals surface area contributed by atoms with Crippen molar-refractivity contribution < 1.29 is 9.18 Å². The highest BCUT2D eigenvalue weighted by atomic mass is 19.1. The minimum Gasteiger partial charge on any atom is -0.370 e. The Kier molecular flexibility index (Phi) is 4.55. The van der Waals surface area contributed by atoms with Crippen molar-refractivity contribution in [2.24, 2.45) is 5.92 Å². The minimum absolute atomic E-state index is 0.296. The fourth-order valence-corrected chi connectivity index (χ4v) is 2.70. The zero-order valence-corrected chi connectivity index (χ0v) is 13.1. The van der Waals surface area contributed by atoms with Crippen LogP contribution in [0.3, 0.4) is 0 Å². The summed E-state index contributed by atoms with van der Waals surface area (Å²) in [6, 6.07) is 9.33. The maximum atomic E-state index is 12.9. The van der Waals surface area contributed by atoms with Crippen LogP contribution in [0, 0.1) is 11.7 Å². The second-order valence-corrected chi connectivity index (χ2v) is 6.03. The number of pyridine rings is 1. The van der Waals surface area contributed by atoms with E-state index in [0.717, 1.165) is 24.7 Å². The molecule has 0 saturated carbocycles. The molecule has 1 aliphatic heterocycles. The van der Waals surface area contributed by atoms with Crippen molar-refractivity contribution in [1.29, 1.82) is 0 Å². The molecule has 1 N–H and O–H groups in total. The summed E-state index contributed by atoms with van der Waals surface area (Å²) in [5, 5.41) is 2.71. The number of carbonyl (C=O) groups excluding carboxylic acids is 1. The Morgan fingerprint density at radius 2 is 1.87 bits per heavy atom. The summed E-state index contributed by atoms with van der Waals surface area (Å²) in [6.45, 7) is 4.34. The first-order valence-corrected chi connectivity index (χ1v) is 7.90. The number of rotatable bonds is 3.